The summed E-state index contributed by atoms with van der Waals surface area (Å²) in [6.45, 7) is 1.60. The number of amides is 1. The normalized spacial score (nSPS) is 23.3. The lowest BCUT2D eigenvalue weighted by molar-refractivity contribution is -0.147. The van der Waals surface area contributed by atoms with Crippen molar-refractivity contribution in [2.24, 2.45) is 0 Å². The summed E-state index contributed by atoms with van der Waals surface area (Å²) in [6, 6.07) is 3.45. The fraction of sp³-hybridized carbons (Fsp3) is 0.550. The molecule has 0 aliphatic carbocycles. The number of alkyl halides is 3. The summed E-state index contributed by atoms with van der Waals surface area (Å²) in [4.78, 5) is 33.3. The van der Waals surface area contributed by atoms with Gasteiger partial charge in [0.25, 0.3) is 11.5 Å². The number of rotatable bonds is 2. The molecule has 6 nitrogen and oxygen atoms in total. The Morgan fingerprint density at radius 1 is 1.21 bits per heavy atom. The molecule has 0 bridgehead atoms. The van der Waals surface area contributed by atoms with Crippen LogP contribution in [0.4, 0.5) is 13.2 Å². The first-order valence-corrected chi connectivity index (χ1v) is 9.84. The molecule has 2 aliphatic heterocycles. The molecule has 0 aromatic carbocycles. The predicted octanol–water partition coefficient (Wildman–Crippen LogP) is 3.22. The van der Waals surface area contributed by atoms with Crippen LogP contribution in [-0.4, -0.2) is 46.6 Å². The Morgan fingerprint density at radius 3 is 2.76 bits per heavy atom. The Morgan fingerprint density at radius 2 is 2.03 bits per heavy atom. The predicted molar refractivity (Wildman–Crippen MR) is 99.5 cm³/mol. The molecule has 0 radical (unpaired) electrons. The van der Waals surface area contributed by atoms with Gasteiger partial charge in [-0.2, -0.15) is 13.2 Å². The molecule has 0 unspecified atom stereocenters. The molecule has 2 aromatic rings. The molecule has 0 saturated carbocycles. The number of nitrogens with zero attached hydrogens (tertiary/aromatic N) is 2. The Bertz CT molecular complexity index is 967. The lowest BCUT2D eigenvalue weighted by Gasteiger charge is -2.35. The zero-order chi connectivity index (χ0) is 20.6. The van der Waals surface area contributed by atoms with Gasteiger partial charge in [-0.1, -0.05) is 0 Å². The van der Waals surface area contributed by atoms with Crippen LogP contribution in [0.15, 0.2) is 23.0 Å². The standard InChI is InChI=1S/C20H22F3N3O3/c21-20(22,23)17-7-6-13-15(24-17)10-14(25-18(13)27)12-4-3-8-26(11-12)19(28)16-5-1-2-9-29-16/h6-7,10,12,16H,1-5,8-9,11H2,(H,25,27)/t12-,16-/m1/s1. The van der Waals surface area contributed by atoms with Crippen LogP contribution < -0.4 is 5.56 Å². The number of halogens is 3. The van der Waals surface area contributed by atoms with Crippen LogP contribution in [-0.2, 0) is 15.7 Å². The molecule has 1 N–H and O–H groups in total. The van der Waals surface area contributed by atoms with E-state index in [-0.39, 0.29) is 22.7 Å². The molecule has 2 aliphatic rings. The maximum Gasteiger partial charge on any atom is 0.433 e. The van der Waals surface area contributed by atoms with Crippen molar-refractivity contribution in [1.29, 1.82) is 0 Å². The van der Waals surface area contributed by atoms with Gasteiger partial charge in [0.1, 0.15) is 11.8 Å². The average Bonchev–Trinajstić information content (AvgIpc) is 2.73. The number of likely N-dealkylation sites (tertiary alicyclic amines) is 1. The molecule has 0 spiro atoms. The number of aromatic nitrogens is 2. The van der Waals surface area contributed by atoms with Crippen LogP contribution in [0.5, 0.6) is 0 Å². The van der Waals surface area contributed by atoms with Crippen molar-refractivity contribution in [3.63, 3.8) is 0 Å². The van der Waals surface area contributed by atoms with Gasteiger partial charge in [-0.05, 0) is 50.3 Å². The van der Waals surface area contributed by atoms with E-state index in [0.29, 0.717) is 31.8 Å². The van der Waals surface area contributed by atoms with Crippen molar-refractivity contribution in [3.05, 3.63) is 39.9 Å². The Hall–Kier alpha value is -2.42. The minimum atomic E-state index is -4.58. The second-order valence-corrected chi connectivity index (χ2v) is 7.66. The van der Waals surface area contributed by atoms with Crippen LogP contribution in [0.25, 0.3) is 10.9 Å². The summed E-state index contributed by atoms with van der Waals surface area (Å²) in [5.74, 6) is -0.209. The van der Waals surface area contributed by atoms with Gasteiger partial charge in [-0.3, -0.25) is 9.59 Å². The monoisotopic (exact) mass is 409 g/mol. The van der Waals surface area contributed by atoms with Gasteiger partial charge < -0.3 is 14.6 Å². The van der Waals surface area contributed by atoms with Gasteiger partial charge in [0.2, 0.25) is 0 Å². The van der Waals surface area contributed by atoms with E-state index in [1.807, 2.05) is 0 Å². The summed E-state index contributed by atoms with van der Waals surface area (Å²) >= 11 is 0. The van der Waals surface area contributed by atoms with Gasteiger partial charge in [-0.15, -0.1) is 0 Å². The summed E-state index contributed by atoms with van der Waals surface area (Å²) < 4.78 is 44.5. The maximum absolute atomic E-state index is 13.0. The summed E-state index contributed by atoms with van der Waals surface area (Å²) in [7, 11) is 0. The highest BCUT2D eigenvalue weighted by Crippen LogP contribution is 2.30. The molecular weight excluding hydrogens is 387 g/mol. The number of piperidine rings is 1. The first kappa shape index (κ1) is 19.9. The number of nitrogens with one attached hydrogen (secondary N) is 1. The third-order valence-corrected chi connectivity index (χ3v) is 5.64. The average molecular weight is 409 g/mol. The number of carbonyl (C=O) groups is 1. The van der Waals surface area contributed by atoms with E-state index in [4.69, 9.17) is 4.74 Å². The van der Waals surface area contributed by atoms with Gasteiger partial charge in [0.05, 0.1) is 10.9 Å². The molecule has 4 heterocycles. The molecule has 29 heavy (non-hydrogen) atoms. The summed E-state index contributed by atoms with van der Waals surface area (Å²) in [6.07, 6.45) is -0.901. The number of carbonyl (C=O) groups excluding carboxylic acids is 1. The van der Waals surface area contributed by atoms with E-state index in [2.05, 4.69) is 9.97 Å². The van der Waals surface area contributed by atoms with Crippen LogP contribution in [0.2, 0.25) is 0 Å². The van der Waals surface area contributed by atoms with Crippen molar-refractivity contribution in [3.8, 4) is 0 Å². The van der Waals surface area contributed by atoms with E-state index < -0.39 is 23.5 Å². The smallest absolute Gasteiger partial charge is 0.368 e. The first-order valence-electron chi connectivity index (χ1n) is 9.84. The maximum atomic E-state index is 13.0. The largest absolute Gasteiger partial charge is 0.433 e. The number of aromatic amines is 1. The van der Waals surface area contributed by atoms with Crippen molar-refractivity contribution in [1.82, 2.24) is 14.9 Å². The first-order chi connectivity index (χ1) is 13.8. The molecular formula is C20H22F3N3O3. The highest BCUT2D eigenvalue weighted by molar-refractivity contribution is 5.81. The highest BCUT2D eigenvalue weighted by atomic mass is 19.4. The number of pyridine rings is 2. The number of hydrogen-bond acceptors (Lipinski definition) is 4. The molecule has 2 aromatic heterocycles. The molecule has 4 rings (SSSR count). The van der Waals surface area contributed by atoms with Gasteiger partial charge in [0, 0.05) is 31.3 Å². The lowest BCUT2D eigenvalue weighted by Crippen LogP contribution is -2.46. The Kier molecular flexibility index (Phi) is 5.33. The fourth-order valence-corrected chi connectivity index (χ4v) is 4.11. The van der Waals surface area contributed by atoms with Crippen LogP contribution >= 0.6 is 0 Å². The topological polar surface area (TPSA) is 75.3 Å². The zero-order valence-corrected chi connectivity index (χ0v) is 15.8. The van der Waals surface area contributed by atoms with Crippen molar-refractivity contribution < 1.29 is 22.7 Å². The molecule has 2 atom stereocenters. The Balaban J connectivity index is 1.59. The Labute approximate surface area is 165 Å². The molecule has 2 fully saturated rings. The molecule has 2 saturated heterocycles. The second kappa shape index (κ2) is 7.78. The van der Waals surface area contributed by atoms with Crippen LogP contribution in [0.1, 0.15) is 49.4 Å². The van der Waals surface area contributed by atoms with E-state index in [9.17, 15) is 22.8 Å². The summed E-state index contributed by atoms with van der Waals surface area (Å²) in [5.41, 5.74) is -0.983. The molecule has 9 heteroatoms. The minimum absolute atomic E-state index is 0.0117. The van der Waals surface area contributed by atoms with Gasteiger partial charge >= 0.3 is 6.18 Å². The summed E-state index contributed by atoms with van der Waals surface area (Å²) in [5, 5.41) is 0.112. The number of ether oxygens (including phenoxy) is 1. The third-order valence-electron chi connectivity index (χ3n) is 5.64. The van der Waals surface area contributed by atoms with Crippen molar-refractivity contribution in [2.75, 3.05) is 19.7 Å². The van der Waals surface area contributed by atoms with Crippen LogP contribution in [0.3, 0.4) is 0 Å². The second-order valence-electron chi connectivity index (χ2n) is 7.66. The quantitative estimate of drug-likeness (QED) is 0.827. The van der Waals surface area contributed by atoms with Gasteiger partial charge in [0.15, 0.2) is 0 Å². The van der Waals surface area contributed by atoms with Crippen molar-refractivity contribution >= 4 is 16.8 Å². The zero-order valence-electron chi connectivity index (χ0n) is 15.8. The van der Waals surface area contributed by atoms with Crippen molar-refractivity contribution in [2.45, 2.75) is 50.3 Å². The highest BCUT2D eigenvalue weighted by Gasteiger charge is 2.34. The number of hydrogen-bond donors (Lipinski definition) is 1. The number of fused-ring (bicyclic) bond motifs is 1. The van der Waals surface area contributed by atoms with E-state index in [1.165, 1.54) is 6.07 Å². The number of H-pyrrole nitrogens is 1. The van der Waals surface area contributed by atoms with E-state index in [0.717, 1.165) is 37.8 Å². The molecule has 1 amide bonds. The fourth-order valence-electron chi connectivity index (χ4n) is 4.11. The lowest BCUT2D eigenvalue weighted by atomic mass is 9.93. The SMILES string of the molecule is O=C([C@H]1CCCCO1)N1CCC[C@@H](c2cc3nc(C(F)(F)F)ccc3c(=O)[nH]2)C1. The van der Waals surface area contributed by atoms with E-state index >= 15 is 0 Å². The van der Waals surface area contributed by atoms with E-state index in [1.54, 1.807) is 4.90 Å². The van der Waals surface area contributed by atoms with Crippen LogP contribution in [0, 0.1) is 0 Å². The molecule has 156 valence electrons. The van der Waals surface area contributed by atoms with Gasteiger partial charge in [-0.25, -0.2) is 4.98 Å². The minimum Gasteiger partial charge on any atom is -0.368 e. The third kappa shape index (κ3) is 4.14.